The highest BCUT2D eigenvalue weighted by atomic mass is 16.6. The molecule has 0 aromatic carbocycles. The molecule has 1 N–H and O–H groups in total. The van der Waals surface area contributed by atoms with Crippen LogP contribution in [0.3, 0.4) is 0 Å². The zero-order valence-electron chi connectivity index (χ0n) is 16.3. The van der Waals surface area contributed by atoms with E-state index in [4.69, 9.17) is 9.47 Å². The zero-order valence-corrected chi connectivity index (χ0v) is 16.3. The molecule has 2 amide bonds. The van der Waals surface area contributed by atoms with Gasteiger partial charge in [0.25, 0.3) is 0 Å². The van der Waals surface area contributed by atoms with Gasteiger partial charge in [-0.05, 0) is 52.4 Å². The molecule has 1 aliphatic heterocycles. The number of amides is 2. The Hall–Kier alpha value is -1.30. The second-order valence-electron chi connectivity index (χ2n) is 8.61. The van der Waals surface area contributed by atoms with Crippen LogP contribution >= 0.6 is 0 Å². The van der Waals surface area contributed by atoms with Crippen molar-refractivity contribution in [3.63, 3.8) is 0 Å². The van der Waals surface area contributed by atoms with Crippen LogP contribution in [0, 0.1) is 11.8 Å². The topological polar surface area (TPSA) is 67.9 Å². The number of morpholine rings is 1. The van der Waals surface area contributed by atoms with E-state index in [0.29, 0.717) is 25.7 Å². The minimum absolute atomic E-state index is 0.0658. The average Bonchev–Trinajstić information content (AvgIpc) is 2.53. The standard InChI is InChI=1S/C19H34N2O4/c1-13(2)16-12-24-11-10-21(16)17(22)14-6-8-15(9-7-14)20-18(23)25-19(3,4)5/h13-16H,6-12H2,1-5H3,(H,20,23)/t14?,15?,16-/m1/s1. The number of alkyl carbamates (subject to hydrolysis) is 1. The van der Waals surface area contributed by atoms with Crippen molar-refractivity contribution in [2.45, 2.75) is 78.0 Å². The number of hydrogen-bond acceptors (Lipinski definition) is 4. The monoisotopic (exact) mass is 354 g/mol. The first-order valence-electron chi connectivity index (χ1n) is 9.55. The van der Waals surface area contributed by atoms with Gasteiger partial charge in [-0.15, -0.1) is 0 Å². The van der Waals surface area contributed by atoms with E-state index in [1.54, 1.807) is 0 Å². The first-order valence-corrected chi connectivity index (χ1v) is 9.55. The normalized spacial score (nSPS) is 27.9. The van der Waals surface area contributed by atoms with Crippen molar-refractivity contribution in [3.8, 4) is 0 Å². The van der Waals surface area contributed by atoms with Crippen molar-refractivity contribution < 1.29 is 19.1 Å². The minimum atomic E-state index is -0.487. The lowest BCUT2D eigenvalue weighted by atomic mass is 9.84. The molecule has 1 saturated heterocycles. The summed E-state index contributed by atoms with van der Waals surface area (Å²) in [5.74, 6) is 0.725. The number of ether oxygens (including phenoxy) is 2. The number of carbonyl (C=O) groups is 2. The molecule has 2 rings (SSSR count). The molecule has 2 aliphatic rings. The Balaban J connectivity index is 1.83. The summed E-state index contributed by atoms with van der Waals surface area (Å²) in [5.41, 5.74) is -0.487. The fourth-order valence-corrected chi connectivity index (χ4v) is 3.64. The van der Waals surface area contributed by atoms with Gasteiger partial charge >= 0.3 is 6.09 Å². The number of hydrogen-bond donors (Lipinski definition) is 1. The maximum atomic E-state index is 12.9. The highest BCUT2D eigenvalue weighted by Crippen LogP contribution is 2.28. The molecule has 0 aromatic rings. The molecule has 1 saturated carbocycles. The van der Waals surface area contributed by atoms with Gasteiger partial charge < -0.3 is 19.7 Å². The molecule has 0 radical (unpaired) electrons. The fourth-order valence-electron chi connectivity index (χ4n) is 3.64. The Morgan fingerprint density at radius 3 is 2.36 bits per heavy atom. The van der Waals surface area contributed by atoms with E-state index in [2.05, 4.69) is 19.2 Å². The van der Waals surface area contributed by atoms with Gasteiger partial charge in [-0.3, -0.25) is 4.79 Å². The summed E-state index contributed by atoms with van der Waals surface area (Å²) in [4.78, 5) is 26.9. The van der Waals surface area contributed by atoms with E-state index < -0.39 is 5.60 Å². The van der Waals surface area contributed by atoms with Gasteiger partial charge in [0.15, 0.2) is 0 Å². The lowest BCUT2D eigenvalue weighted by Gasteiger charge is -2.41. The molecule has 0 bridgehead atoms. The van der Waals surface area contributed by atoms with E-state index >= 15 is 0 Å². The summed E-state index contributed by atoms with van der Waals surface area (Å²) in [6.45, 7) is 11.8. The van der Waals surface area contributed by atoms with Crippen LogP contribution in [0.1, 0.15) is 60.3 Å². The maximum Gasteiger partial charge on any atom is 0.407 e. The van der Waals surface area contributed by atoms with Gasteiger partial charge in [0, 0.05) is 18.5 Å². The van der Waals surface area contributed by atoms with E-state index in [9.17, 15) is 9.59 Å². The molecule has 0 aromatic heterocycles. The largest absolute Gasteiger partial charge is 0.444 e. The first kappa shape index (κ1) is 20.0. The lowest BCUT2D eigenvalue weighted by molar-refractivity contribution is -0.147. The summed E-state index contributed by atoms with van der Waals surface area (Å²) in [6.07, 6.45) is 2.93. The summed E-state index contributed by atoms with van der Waals surface area (Å²) in [6, 6.07) is 0.281. The smallest absolute Gasteiger partial charge is 0.407 e. The van der Waals surface area contributed by atoms with Gasteiger partial charge in [-0.1, -0.05) is 13.8 Å². The SMILES string of the molecule is CC(C)[C@H]1COCCN1C(=O)C1CCC(NC(=O)OC(C)(C)C)CC1. The van der Waals surface area contributed by atoms with Crippen LogP contribution in [-0.4, -0.2) is 54.3 Å². The van der Waals surface area contributed by atoms with Crippen molar-refractivity contribution in [2.24, 2.45) is 11.8 Å². The molecule has 6 nitrogen and oxygen atoms in total. The predicted octanol–water partition coefficient (Wildman–Crippen LogP) is 2.95. The maximum absolute atomic E-state index is 12.9. The minimum Gasteiger partial charge on any atom is -0.444 e. The summed E-state index contributed by atoms with van der Waals surface area (Å²) in [5, 5.41) is 2.94. The van der Waals surface area contributed by atoms with Crippen LogP contribution in [0.2, 0.25) is 0 Å². The van der Waals surface area contributed by atoms with Crippen LogP contribution in [-0.2, 0) is 14.3 Å². The first-order chi connectivity index (χ1) is 11.7. The van der Waals surface area contributed by atoms with Crippen LogP contribution in [0.5, 0.6) is 0 Å². The molecule has 1 heterocycles. The van der Waals surface area contributed by atoms with Gasteiger partial charge in [-0.2, -0.15) is 0 Å². The molecule has 1 aliphatic carbocycles. The third-order valence-corrected chi connectivity index (χ3v) is 5.02. The molecular formula is C19H34N2O4. The number of carbonyl (C=O) groups excluding carboxylic acids is 2. The van der Waals surface area contributed by atoms with Crippen LogP contribution in [0.15, 0.2) is 0 Å². The molecule has 2 fully saturated rings. The van der Waals surface area contributed by atoms with Crippen molar-refractivity contribution in [2.75, 3.05) is 19.8 Å². The van der Waals surface area contributed by atoms with Gasteiger partial charge in [0.2, 0.25) is 5.91 Å². The molecular weight excluding hydrogens is 320 g/mol. The molecule has 144 valence electrons. The zero-order chi connectivity index (χ0) is 18.6. The third kappa shape index (κ3) is 5.87. The predicted molar refractivity (Wildman–Crippen MR) is 96.3 cm³/mol. The average molecular weight is 354 g/mol. The molecule has 0 unspecified atom stereocenters. The Morgan fingerprint density at radius 2 is 1.80 bits per heavy atom. The van der Waals surface area contributed by atoms with Gasteiger partial charge in [0.05, 0.1) is 19.3 Å². The van der Waals surface area contributed by atoms with Crippen LogP contribution < -0.4 is 5.32 Å². The Labute approximate surface area is 151 Å². The lowest BCUT2D eigenvalue weighted by Crippen LogP contribution is -2.53. The van der Waals surface area contributed by atoms with Crippen molar-refractivity contribution >= 4 is 12.0 Å². The Morgan fingerprint density at radius 1 is 1.16 bits per heavy atom. The van der Waals surface area contributed by atoms with Gasteiger partial charge in [0.1, 0.15) is 5.60 Å². The highest BCUT2D eigenvalue weighted by molar-refractivity contribution is 5.79. The summed E-state index contributed by atoms with van der Waals surface area (Å²) in [7, 11) is 0. The second kappa shape index (κ2) is 8.39. The van der Waals surface area contributed by atoms with Gasteiger partial charge in [-0.25, -0.2) is 4.79 Å². The molecule has 25 heavy (non-hydrogen) atoms. The Bertz CT molecular complexity index is 465. The quantitative estimate of drug-likeness (QED) is 0.846. The molecule has 6 heteroatoms. The number of nitrogens with one attached hydrogen (secondary N) is 1. The third-order valence-electron chi connectivity index (χ3n) is 5.02. The number of nitrogens with zero attached hydrogens (tertiary/aromatic N) is 1. The fraction of sp³-hybridized carbons (Fsp3) is 0.895. The highest BCUT2D eigenvalue weighted by Gasteiger charge is 2.35. The van der Waals surface area contributed by atoms with E-state index in [1.165, 1.54) is 0 Å². The van der Waals surface area contributed by atoms with Crippen molar-refractivity contribution in [1.82, 2.24) is 10.2 Å². The number of rotatable bonds is 3. The van der Waals surface area contributed by atoms with E-state index in [-0.39, 0.29) is 30.0 Å². The van der Waals surface area contributed by atoms with Crippen molar-refractivity contribution in [3.05, 3.63) is 0 Å². The van der Waals surface area contributed by atoms with Crippen LogP contribution in [0.4, 0.5) is 4.79 Å². The van der Waals surface area contributed by atoms with E-state index in [0.717, 1.165) is 25.7 Å². The molecule has 0 spiro atoms. The van der Waals surface area contributed by atoms with E-state index in [1.807, 2.05) is 25.7 Å². The van der Waals surface area contributed by atoms with Crippen LogP contribution in [0.25, 0.3) is 0 Å². The second-order valence-corrected chi connectivity index (χ2v) is 8.61. The Kier molecular flexibility index (Phi) is 6.72. The summed E-state index contributed by atoms with van der Waals surface area (Å²) >= 11 is 0. The summed E-state index contributed by atoms with van der Waals surface area (Å²) < 4.78 is 10.9. The van der Waals surface area contributed by atoms with Crippen molar-refractivity contribution in [1.29, 1.82) is 0 Å². The molecule has 1 atom stereocenters.